The lowest BCUT2D eigenvalue weighted by Crippen LogP contribution is -2.06. The third-order valence-corrected chi connectivity index (χ3v) is 3.46. The molecule has 2 unspecified atom stereocenters. The first-order chi connectivity index (χ1) is 8.41. The van der Waals surface area contributed by atoms with Crippen molar-refractivity contribution >= 4 is 23.2 Å². The van der Waals surface area contributed by atoms with Gasteiger partial charge in [-0.25, -0.2) is 9.13 Å². The van der Waals surface area contributed by atoms with E-state index in [1.165, 1.54) is 0 Å². The van der Waals surface area contributed by atoms with Gasteiger partial charge in [-0.05, 0) is 0 Å². The topological polar surface area (TPSA) is 169 Å². The third kappa shape index (κ3) is 14.6. The van der Waals surface area contributed by atoms with Crippen molar-refractivity contribution < 1.29 is 51.4 Å². The maximum Gasteiger partial charge on any atom is 0.472 e. The van der Waals surface area contributed by atoms with Crippen molar-refractivity contribution in [1.82, 2.24) is 0 Å². The summed E-state index contributed by atoms with van der Waals surface area (Å²) in [6.07, 6.45) is 0. The molecule has 0 amide bonds. The third-order valence-electron chi connectivity index (χ3n) is 1.27. The predicted molar refractivity (Wildman–Crippen MR) is 61.4 cm³/mol. The Labute approximate surface area is 108 Å². The van der Waals surface area contributed by atoms with Gasteiger partial charge < -0.3 is 24.1 Å². The molecule has 2 atom stereocenters. The van der Waals surface area contributed by atoms with Gasteiger partial charge in [-0.2, -0.15) is 0 Å². The Morgan fingerprint density at radius 2 is 1.11 bits per heavy atom. The Morgan fingerprint density at radius 3 is 1.47 bits per heavy atom. The fourth-order valence-corrected chi connectivity index (χ4v) is 2.12. The fourth-order valence-electron chi connectivity index (χ4n) is 0.705. The van der Waals surface area contributed by atoms with Crippen LogP contribution in [-0.4, -0.2) is 52.7 Å². The maximum absolute atomic E-state index is 11.1. The summed E-state index contributed by atoms with van der Waals surface area (Å²) in [4.78, 5) is 34.4. The van der Waals surface area contributed by atoms with Crippen molar-refractivity contribution in [2.75, 3.05) is 33.1 Å². The van der Waals surface area contributed by atoms with Crippen LogP contribution in [0.4, 0.5) is 0 Å². The second kappa shape index (κ2) is 7.97. The highest BCUT2D eigenvalue weighted by Crippen LogP contribution is 2.44. The lowest BCUT2D eigenvalue weighted by Gasteiger charge is -2.13. The Morgan fingerprint density at radius 1 is 0.737 bits per heavy atom. The van der Waals surface area contributed by atoms with Crippen LogP contribution in [0.15, 0.2) is 0 Å². The smallest absolute Gasteiger partial charge is 0.324 e. The van der Waals surface area contributed by atoms with E-state index in [2.05, 4.69) is 18.1 Å². The van der Waals surface area contributed by atoms with Crippen LogP contribution in [0, 0.1) is 0 Å². The van der Waals surface area contributed by atoms with Gasteiger partial charge in [0.25, 0.3) is 0 Å². The molecule has 11 nitrogen and oxygen atoms in total. The molecule has 0 bridgehead atoms. The molecule has 0 fully saturated rings. The zero-order valence-electron chi connectivity index (χ0n) is 9.82. The average molecular weight is 344 g/mol. The molecule has 14 heteroatoms. The lowest BCUT2D eigenvalue weighted by molar-refractivity contribution is 0.103. The van der Waals surface area contributed by atoms with Crippen molar-refractivity contribution in [2.24, 2.45) is 0 Å². The molecule has 0 aromatic rings. The molecule has 116 valence electrons. The minimum absolute atomic E-state index is 0.406. The summed E-state index contributed by atoms with van der Waals surface area (Å²) >= 11 is 0. The van der Waals surface area contributed by atoms with Gasteiger partial charge >= 0.3 is 23.2 Å². The van der Waals surface area contributed by atoms with Gasteiger partial charge in [-0.3, -0.25) is 18.1 Å². The maximum atomic E-state index is 11.1. The molecule has 0 saturated carbocycles. The van der Waals surface area contributed by atoms with Crippen LogP contribution in [0.3, 0.4) is 0 Å². The summed E-state index contributed by atoms with van der Waals surface area (Å²) in [6, 6.07) is 0. The summed E-state index contributed by atoms with van der Waals surface area (Å²) in [5, 5.41) is 0. The summed E-state index contributed by atoms with van der Waals surface area (Å²) in [6.45, 7) is -1.16. The van der Waals surface area contributed by atoms with Gasteiger partial charge in [0, 0.05) is 6.66 Å². The molecule has 0 spiro atoms. The summed E-state index contributed by atoms with van der Waals surface area (Å²) in [7, 11) is -12.8. The summed E-state index contributed by atoms with van der Waals surface area (Å²) in [5.41, 5.74) is 0. The standard InChI is InChI=1S/C5H15O11P3/c1-17(6,7)13-2-4-15-19(11,12)16-5-3-14-18(8,9)10/h2-5H2,1H3,(H,6,7)(H,11,12)(H2,8,9,10). The van der Waals surface area contributed by atoms with Crippen molar-refractivity contribution in [3.8, 4) is 0 Å². The molecule has 0 radical (unpaired) electrons. The monoisotopic (exact) mass is 344 g/mol. The molecule has 4 N–H and O–H groups in total. The quantitative estimate of drug-likeness (QED) is 0.312. The lowest BCUT2D eigenvalue weighted by atomic mass is 10.8. The second-order valence-electron chi connectivity index (χ2n) is 3.10. The molecular weight excluding hydrogens is 329 g/mol. The fraction of sp³-hybridized carbons (Fsp3) is 1.00. The largest absolute Gasteiger partial charge is 0.472 e. The van der Waals surface area contributed by atoms with E-state index in [1.807, 2.05) is 0 Å². The minimum atomic E-state index is -4.66. The highest BCUT2D eigenvalue weighted by molar-refractivity contribution is 7.51. The first-order valence-corrected chi connectivity index (χ1v) is 9.73. The van der Waals surface area contributed by atoms with Crippen molar-refractivity contribution in [2.45, 2.75) is 0 Å². The SMILES string of the molecule is CP(=O)(O)OCCOP(=O)(O)OCCOP(=O)(O)O. The highest BCUT2D eigenvalue weighted by Gasteiger charge is 2.22. The normalized spacial score (nSPS) is 18.8. The molecule has 19 heavy (non-hydrogen) atoms. The molecule has 0 aliphatic heterocycles. The molecule has 0 heterocycles. The van der Waals surface area contributed by atoms with E-state index in [-0.39, 0.29) is 0 Å². The van der Waals surface area contributed by atoms with Gasteiger partial charge in [0.15, 0.2) is 0 Å². The van der Waals surface area contributed by atoms with E-state index in [0.717, 1.165) is 6.66 Å². The van der Waals surface area contributed by atoms with E-state index in [4.69, 9.17) is 19.6 Å². The molecule has 0 saturated heterocycles. The first kappa shape index (κ1) is 19.4. The number of phosphoric acid groups is 2. The predicted octanol–water partition coefficient (Wildman–Crippen LogP) is 0.0611. The van der Waals surface area contributed by atoms with E-state index in [9.17, 15) is 13.7 Å². The van der Waals surface area contributed by atoms with Crippen LogP contribution < -0.4 is 0 Å². The Hall–Kier alpha value is 0.370. The van der Waals surface area contributed by atoms with Crippen molar-refractivity contribution in [3.63, 3.8) is 0 Å². The zero-order valence-corrected chi connectivity index (χ0v) is 12.5. The van der Waals surface area contributed by atoms with Crippen LogP contribution in [0.25, 0.3) is 0 Å². The van der Waals surface area contributed by atoms with E-state index in [1.54, 1.807) is 0 Å². The van der Waals surface area contributed by atoms with Gasteiger partial charge in [-0.1, -0.05) is 0 Å². The van der Waals surface area contributed by atoms with Crippen LogP contribution in [0.5, 0.6) is 0 Å². The molecular formula is C5H15O11P3. The zero-order chi connectivity index (χ0) is 15.2. The van der Waals surface area contributed by atoms with E-state index >= 15 is 0 Å². The number of hydrogen-bond donors (Lipinski definition) is 4. The summed E-state index contributed by atoms with van der Waals surface area (Å²) in [5.74, 6) is 0. The highest BCUT2D eigenvalue weighted by atomic mass is 31.2. The second-order valence-corrected chi connectivity index (χ2v) is 7.65. The average Bonchev–Trinajstić information content (AvgIpc) is 2.17. The van der Waals surface area contributed by atoms with Crippen LogP contribution in [-0.2, 0) is 31.8 Å². The Balaban J connectivity index is 3.78. The van der Waals surface area contributed by atoms with Gasteiger partial charge in [0.1, 0.15) is 0 Å². The summed E-state index contributed by atoms with van der Waals surface area (Å²) < 4.78 is 49.0. The van der Waals surface area contributed by atoms with Gasteiger partial charge in [-0.15, -0.1) is 0 Å². The van der Waals surface area contributed by atoms with E-state index < -0.39 is 49.7 Å². The van der Waals surface area contributed by atoms with Crippen LogP contribution in [0.1, 0.15) is 0 Å². The minimum Gasteiger partial charge on any atom is -0.324 e. The van der Waals surface area contributed by atoms with E-state index in [0.29, 0.717) is 0 Å². The Bertz CT molecular complexity index is 361. The van der Waals surface area contributed by atoms with Crippen molar-refractivity contribution in [3.05, 3.63) is 0 Å². The molecule has 0 rings (SSSR count). The Kier molecular flexibility index (Phi) is 8.13. The molecule has 0 aliphatic carbocycles. The number of hydrogen-bond acceptors (Lipinski definition) is 7. The number of phosphoric ester groups is 2. The molecule has 0 aromatic heterocycles. The van der Waals surface area contributed by atoms with Crippen LogP contribution in [0.2, 0.25) is 0 Å². The van der Waals surface area contributed by atoms with Gasteiger partial charge in [0.05, 0.1) is 26.4 Å². The van der Waals surface area contributed by atoms with Crippen molar-refractivity contribution in [1.29, 1.82) is 0 Å². The molecule has 0 aliphatic rings. The first-order valence-electron chi connectivity index (χ1n) is 4.68. The number of rotatable bonds is 10. The van der Waals surface area contributed by atoms with Gasteiger partial charge in [0.2, 0.25) is 0 Å². The van der Waals surface area contributed by atoms with Crippen LogP contribution >= 0.6 is 23.2 Å². The molecule has 0 aromatic carbocycles.